The summed E-state index contributed by atoms with van der Waals surface area (Å²) in [5.41, 5.74) is 0. The summed E-state index contributed by atoms with van der Waals surface area (Å²) in [6.07, 6.45) is 0.244. The largest absolute Gasteiger partial charge is 0.469 e. The molecule has 4 heteroatoms. The number of esters is 1. The van der Waals surface area contributed by atoms with Crippen molar-refractivity contribution in [2.24, 2.45) is 5.92 Å². The van der Waals surface area contributed by atoms with E-state index in [4.69, 9.17) is 0 Å². The molecule has 0 aliphatic rings. The zero-order valence-corrected chi connectivity index (χ0v) is 7.72. The van der Waals surface area contributed by atoms with Crippen molar-refractivity contribution in [3.63, 3.8) is 0 Å². The standard InChI is InChI=1S/C8H15NO3/c1-6(10)4-7(5-9-2)8(11)12-3/h7,9H,4-5H2,1-3H3. The Morgan fingerprint density at radius 2 is 2.08 bits per heavy atom. The second kappa shape index (κ2) is 5.71. The van der Waals surface area contributed by atoms with Crippen LogP contribution in [0.2, 0.25) is 0 Å². The molecule has 0 saturated heterocycles. The van der Waals surface area contributed by atoms with Crippen molar-refractivity contribution in [1.82, 2.24) is 5.32 Å². The highest BCUT2D eigenvalue weighted by Crippen LogP contribution is 2.04. The lowest BCUT2D eigenvalue weighted by atomic mass is 10.0. The zero-order chi connectivity index (χ0) is 9.56. The zero-order valence-electron chi connectivity index (χ0n) is 7.72. The van der Waals surface area contributed by atoms with Crippen LogP contribution in [0.4, 0.5) is 0 Å². The first-order chi connectivity index (χ1) is 5.61. The molecule has 0 radical (unpaired) electrons. The number of carbonyl (C=O) groups excluding carboxylic acids is 2. The topological polar surface area (TPSA) is 55.4 Å². The van der Waals surface area contributed by atoms with E-state index in [1.807, 2.05) is 0 Å². The molecule has 0 spiro atoms. The molecule has 0 heterocycles. The number of nitrogens with one attached hydrogen (secondary N) is 1. The third-order valence-corrected chi connectivity index (χ3v) is 1.52. The van der Waals surface area contributed by atoms with Crippen LogP contribution in [-0.4, -0.2) is 32.5 Å². The van der Waals surface area contributed by atoms with Crippen LogP contribution in [0.5, 0.6) is 0 Å². The van der Waals surface area contributed by atoms with Gasteiger partial charge in [-0.2, -0.15) is 0 Å². The molecule has 4 nitrogen and oxygen atoms in total. The highest BCUT2D eigenvalue weighted by Gasteiger charge is 2.19. The molecule has 0 aliphatic heterocycles. The normalized spacial score (nSPS) is 12.2. The van der Waals surface area contributed by atoms with Crippen molar-refractivity contribution in [2.75, 3.05) is 20.7 Å². The van der Waals surface area contributed by atoms with Crippen LogP contribution in [0, 0.1) is 5.92 Å². The fraction of sp³-hybridized carbons (Fsp3) is 0.750. The second-order valence-corrected chi connectivity index (χ2v) is 2.68. The molecular formula is C8H15NO3. The minimum atomic E-state index is -0.350. The average Bonchev–Trinajstić information content (AvgIpc) is 2.01. The van der Waals surface area contributed by atoms with E-state index in [2.05, 4.69) is 10.1 Å². The summed E-state index contributed by atoms with van der Waals surface area (Å²) in [5, 5.41) is 2.84. The first-order valence-electron chi connectivity index (χ1n) is 3.83. The van der Waals surface area contributed by atoms with Gasteiger partial charge in [0.15, 0.2) is 0 Å². The maximum Gasteiger partial charge on any atom is 0.310 e. The van der Waals surface area contributed by atoms with Gasteiger partial charge in [-0.1, -0.05) is 0 Å². The summed E-state index contributed by atoms with van der Waals surface area (Å²) in [4.78, 5) is 21.7. The Balaban J connectivity index is 4.02. The van der Waals surface area contributed by atoms with E-state index in [0.717, 1.165) is 0 Å². The van der Waals surface area contributed by atoms with Crippen molar-refractivity contribution < 1.29 is 14.3 Å². The number of rotatable bonds is 5. The molecule has 0 fully saturated rings. The predicted molar refractivity (Wildman–Crippen MR) is 44.7 cm³/mol. The van der Waals surface area contributed by atoms with Gasteiger partial charge in [0.1, 0.15) is 5.78 Å². The van der Waals surface area contributed by atoms with Gasteiger partial charge in [-0.15, -0.1) is 0 Å². The summed E-state index contributed by atoms with van der Waals surface area (Å²) in [7, 11) is 3.06. The predicted octanol–water partition coefficient (Wildman–Crippen LogP) is -0.0259. The maximum absolute atomic E-state index is 11.0. The molecule has 0 bridgehead atoms. The Hall–Kier alpha value is -0.900. The van der Waals surface area contributed by atoms with Gasteiger partial charge < -0.3 is 14.8 Å². The third-order valence-electron chi connectivity index (χ3n) is 1.52. The molecule has 0 rings (SSSR count). The summed E-state index contributed by atoms with van der Waals surface area (Å²) < 4.78 is 4.53. The number of carbonyl (C=O) groups is 2. The van der Waals surface area contributed by atoms with Gasteiger partial charge in [0.2, 0.25) is 0 Å². The van der Waals surface area contributed by atoms with Crippen LogP contribution < -0.4 is 5.32 Å². The Morgan fingerprint density at radius 1 is 1.50 bits per heavy atom. The quantitative estimate of drug-likeness (QED) is 0.593. The monoisotopic (exact) mass is 173 g/mol. The van der Waals surface area contributed by atoms with Gasteiger partial charge in [-0.3, -0.25) is 4.79 Å². The Labute approximate surface area is 72.3 Å². The van der Waals surface area contributed by atoms with E-state index in [1.54, 1.807) is 7.05 Å². The summed E-state index contributed by atoms with van der Waals surface area (Å²) in [5.74, 6) is -0.683. The van der Waals surface area contributed by atoms with Gasteiger partial charge in [0.25, 0.3) is 0 Å². The van der Waals surface area contributed by atoms with Gasteiger partial charge in [-0.25, -0.2) is 0 Å². The molecule has 0 aromatic carbocycles. The smallest absolute Gasteiger partial charge is 0.310 e. The van der Waals surface area contributed by atoms with E-state index in [-0.39, 0.29) is 24.1 Å². The van der Waals surface area contributed by atoms with Crippen molar-refractivity contribution >= 4 is 11.8 Å². The van der Waals surface area contributed by atoms with Crippen LogP contribution in [0.3, 0.4) is 0 Å². The van der Waals surface area contributed by atoms with Crippen LogP contribution >= 0.6 is 0 Å². The van der Waals surface area contributed by atoms with E-state index in [9.17, 15) is 9.59 Å². The molecule has 0 aromatic heterocycles. The van der Waals surface area contributed by atoms with E-state index >= 15 is 0 Å². The first kappa shape index (κ1) is 11.1. The molecule has 0 aromatic rings. The molecule has 0 saturated carbocycles. The molecule has 1 atom stereocenters. The van der Waals surface area contributed by atoms with Crippen molar-refractivity contribution in [3.8, 4) is 0 Å². The molecule has 70 valence electrons. The van der Waals surface area contributed by atoms with Gasteiger partial charge >= 0.3 is 5.97 Å². The number of ether oxygens (including phenoxy) is 1. The number of Topliss-reactive ketones (excluding diaryl/α,β-unsaturated/α-hetero) is 1. The number of hydrogen-bond acceptors (Lipinski definition) is 4. The van der Waals surface area contributed by atoms with Crippen LogP contribution in [0.1, 0.15) is 13.3 Å². The lowest BCUT2D eigenvalue weighted by molar-refractivity contribution is -0.146. The van der Waals surface area contributed by atoms with Crippen LogP contribution in [-0.2, 0) is 14.3 Å². The van der Waals surface area contributed by atoms with Gasteiger partial charge in [0.05, 0.1) is 13.0 Å². The minimum absolute atomic E-state index is 0.000602. The summed E-state index contributed by atoms with van der Waals surface area (Å²) >= 11 is 0. The Kier molecular flexibility index (Phi) is 5.28. The highest BCUT2D eigenvalue weighted by molar-refractivity contribution is 5.82. The Bertz CT molecular complexity index is 168. The molecule has 12 heavy (non-hydrogen) atoms. The third kappa shape index (κ3) is 4.08. The number of methoxy groups -OCH3 is 1. The van der Waals surface area contributed by atoms with Crippen molar-refractivity contribution in [3.05, 3.63) is 0 Å². The summed E-state index contributed by atoms with van der Waals surface area (Å²) in [6.45, 7) is 1.94. The van der Waals surface area contributed by atoms with Crippen molar-refractivity contribution in [1.29, 1.82) is 0 Å². The van der Waals surface area contributed by atoms with Gasteiger partial charge in [0, 0.05) is 13.0 Å². The molecule has 0 amide bonds. The SMILES string of the molecule is CNCC(CC(C)=O)C(=O)OC. The maximum atomic E-state index is 11.0. The molecule has 1 N–H and O–H groups in total. The van der Waals surface area contributed by atoms with E-state index < -0.39 is 0 Å². The van der Waals surface area contributed by atoms with E-state index in [0.29, 0.717) is 6.54 Å². The lowest BCUT2D eigenvalue weighted by Gasteiger charge is -2.11. The van der Waals surface area contributed by atoms with Crippen LogP contribution in [0.15, 0.2) is 0 Å². The van der Waals surface area contributed by atoms with Gasteiger partial charge in [-0.05, 0) is 14.0 Å². The Morgan fingerprint density at radius 3 is 2.42 bits per heavy atom. The highest BCUT2D eigenvalue weighted by atomic mass is 16.5. The lowest BCUT2D eigenvalue weighted by Crippen LogP contribution is -2.28. The second-order valence-electron chi connectivity index (χ2n) is 2.68. The number of ketones is 1. The van der Waals surface area contributed by atoms with E-state index in [1.165, 1.54) is 14.0 Å². The molecular weight excluding hydrogens is 158 g/mol. The molecule has 1 unspecified atom stereocenters. The first-order valence-corrected chi connectivity index (χ1v) is 3.83. The van der Waals surface area contributed by atoms with Crippen LogP contribution in [0.25, 0.3) is 0 Å². The van der Waals surface area contributed by atoms with Crippen molar-refractivity contribution in [2.45, 2.75) is 13.3 Å². The molecule has 0 aliphatic carbocycles. The average molecular weight is 173 g/mol. The fourth-order valence-corrected chi connectivity index (χ4v) is 0.999. The minimum Gasteiger partial charge on any atom is -0.469 e. The fourth-order valence-electron chi connectivity index (χ4n) is 0.999. The summed E-state index contributed by atoms with van der Waals surface area (Å²) in [6, 6.07) is 0. The number of hydrogen-bond donors (Lipinski definition) is 1.